The van der Waals surface area contributed by atoms with Crippen molar-refractivity contribution in [3.63, 3.8) is 0 Å². The molecule has 4 heteroatoms. The van der Waals surface area contributed by atoms with Crippen molar-refractivity contribution in [3.8, 4) is 0 Å². The first-order valence-corrected chi connectivity index (χ1v) is 5.53. The van der Waals surface area contributed by atoms with Crippen molar-refractivity contribution in [1.29, 1.82) is 0 Å². The molecule has 0 aliphatic heterocycles. The van der Waals surface area contributed by atoms with Crippen LogP contribution in [0.3, 0.4) is 0 Å². The second-order valence-corrected chi connectivity index (χ2v) is 5.33. The maximum absolute atomic E-state index is 5.26. The van der Waals surface area contributed by atoms with E-state index < -0.39 is 4.51 Å². The third-order valence-corrected chi connectivity index (χ3v) is 4.63. The maximum Gasteiger partial charge on any atom is 0.157 e. The number of rotatable bonds is 1. The molecule has 0 bridgehead atoms. The zero-order chi connectivity index (χ0) is 8.48. The van der Waals surface area contributed by atoms with Gasteiger partial charge in [-0.15, -0.1) is 0 Å². The Kier molecular flexibility index (Phi) is 3.38. The predicted molar refractivity (Wildman–Crippen MR) is 57.5 cm³/mol. The number of methoxy groups -OCH3 is 1. The van der Waals surface area contributed by atoms with Crippen LogP contribution in [0.5, 0.6) is 0 Å². The Bertz CT molecular complexity index is 212. The van der Waals surface area contributed by atoms with Crippen molar-refractivity contribution in [2.75, 3.05) is 7.11 Å². The van der Waals surface area contributed by atoms with E-state index in [9.17, 15) is 0 Å². The van der Waals surface area contributed by atoms with Crippen LogP contribution in [-0.4, -0.2) is 16.4 Å². The SMILES string of the molecule is COC1(Br)C=CC(Br)=CC1Br. The Morgan fingerprint density at radius 2 is 2.27 bits per heavy atom. The largest absolute Gasteiger partial charge is 0.362 e. The van der Waals surface area contributed by atoms with E-state index >= 15 is 0 Å². The van der Waals surface area contributed by atoms with Crippen LogP contribution in [0.4, 0.5) is 0 Å². The minimum atomic E-state index is -0.399. The lowest BCUT2D eigenvalue weighted by atomic mass is 10.1. The molecule has 0 aromatic heterocycles. The summed E-state index contributed by atoms with van der Waals surface area (Å²) in [6, 6.07) is 0. The zero-order valence-electron chi connectivity index (χ0n) is 5.85. The maximum atomic E-state index is 5.26. The van der Waals surface area contributed by atoms with Crippen LogP contribution in [0, 0.1) is 0 Å². The van der Waals surface area contributed by atoms with Crippen molar-refractivity contribution in [3.05, 3.63) is 22.7 Å². The van der Waals surface area contributed by atoms with E-state index in [0.717, 1.165) is 4.48 Å². The van der Waals surface area contributed by atoms with E-state index in [-0.39, 0.29) is 4.83 Å². The van der Waals surface area contributed by atoms with Gasteiger partial charge in [0.15, 0.2) is 4.51 Å². The average Bonchev–Trinajstić information content (AvgIpc) is 1.98. The van der Waals surface area contributed by atoms with E-state index in [1.165, 1.54) is 0 Å². The first kappa shape index (κ1) is 9.96. The number of hydrogen-bond acceptors (Lipinski definition) is 1. The minimum absolute atomic E-state index is 0.152. The van der Waals surface area contributed by atoms with Gasteiger partial charge in [0.25, 0.3) is 0 Å². The van der Waals surface area contributed by atoms with Gasteiger partial charge in [-0.3, -0.25) is 0 Å². The second kappa shape index (κ2) is 3.73. The molecular formula is C7H7Br3O. The quantitative estimate of drug-likeness (QED) is 0.662. The van der Waals surface area contributed by atoms with Crippen LogP contribution in [0.15, 0.2) is 22.7 Å². The van der Waals surface area contributed by atoms with Crippen molar-refractivity contribution >= 4 is 47.8 Å². The Morgan fingerprint density at radius 1 is 1.64 bits per heavy atom. The molecule has 1 aliphatic rings. The summed E-state index contributed by atoms with van der Waals surface area (Å²) in [5.41, 5.74) is 0. The molecule has 11 heavy (non-hydrogen) atoms. The molecule has 2 atom stereocenters. The summed E-state index contributed by atoms with van der Waals surface area (Å²) in [6.45, 7) is 0. The number of halogens is 3. The van der Waals surface area contributed by atoms with Gasteiger partial charge in [-0.05, 0) is 28.1 Å². The molecule has 0 saturated heterocycles. The number of allylic oxidation sites excluding steroid dienone is 2. The predicted octanol–water partition coefficient (Wildman–Crippen LogP) is 3.34. The van der Waals surface area contributed by atoms with Crippen LogP contribution >= 0.6 is 47.8 Å². The highest BCUT2D eigenvalue weighted by molar-refractivity contribution is 9.13. The van der Waals surface area contributed by atoms with Crippen molar-refractivity contribution in [2.24, 2.45) is 0 Å². The summed E-state index contributed by atoms with van der Waals surface area (Å²) in [4.78, 5) is 0.152. The number of hydrogen-bond donors (Lipinski definition) is 0. The van der Waals surface area contributed by atoms with Crippen LogP contribution in [0.2, 0.25) is 0 Å². The third-order valence-electron chi connectivity index (χ3n) is 1.46. The van der Waals surface area contributed by atoms with E-state index in [2.05, 4.69) is 47.8 Å². The molecule has 0 saturated carbocycles. The average molecular weight is 347 g/mol. The summed E-state index contributed by atoms with van der Waals surface area (Å²) in [5.74, 6) is 0. The molecule has 0 heterocycles. The molecule has 0 radical (unpaired) electrons. The van der Waals surface area contributed by atoms with Crippen LogP contribution in [0.1, 0.15) is 0 Å². The van der Waals surface area contributed by atoms with Gasteiger partial charge in [0.05, 0.1) is 4.83 Å². The highest BCUT2D eigenvalue weighted by Gasteiger charge is 2.32. The molecule has 1 rings (SSSR count). The summed E-state index contributed by atoms with van der Waals surface area (Å²) >= 11 is 10.3. The molecule has 0 fully saturated rings. The molecule has 0 spiro atoms. The highest BCUT2D eigenvalue weighted by Crippen LogP contribution is 2.36. The van der Waals surface area contributed by atoms with E-state index in [1.54, 1.807) is 7.11 Å². The van der Waals surface area contributed by atoms with Gasteiger partial charge in [0.1, 0.15) is 0 Å². The zero-order valence-corrected chi connectivity index (χ0v) is 10.6. The van der Waals surface area contributed by atoms with Gasteiger partial charge < -0.3 is 4.74 Å². The van der Waals surface area contributed by atoms with Gasteiger partial charge in [0.2, 0.25) is 0 Å². The van der Waals surface area contributed by atoms with Crippen LogP contribution in [-0.2, 0) is 4.74 Å². The van der Waals surface area contributed by atoms with Gasteiger partial charge in [0, 0.05) is 11.6 Å². The standard InChI is InChI=1S/C7H7Br3O/c1-11-7(10)3-2-5(8)4-6(7)9/h2-4,6H,1H3. The van der Waals surface area contributed by atoms with Gasteiger partial charge in [-0.25, -0.2) is 0 Å². The molecule has 0 aromatic rings. The Balaban J connectivity index is 2.84. The lowest BCUT2D eigenvalue weighted by Gasteiger charge is -2.28. The Labute approximate surface area is 91.3 Å². The molecule has 0 aromatic carbocycles. The summed E-state index contributed by atoms with van der Waals surface area (Å²) in [5, 5.41) is 0. The summed E-state index contributed by atoms with van der Waals surface area (Å²) in [6.07, 6.45) is 5.94. The Morgan fingerprint density at radius 3 is 2.73 bits per heavy atom. The van der Waals surface area contributed by atoms with Crippen LogP contribution < -0.4 is 0 Å². The first-order valence-electron chi connectivity index (χ1n) is 3.03. The van der Waals surface area contributed by atoms with Crippen molar-refractivity contribution in [2.45, 2.75) is 9.34 Å². The summed E-state index contributed by atoms with van der Waals surface area (Å²) in [7, 11) is 1.67. The third kappa shape index (κ3) is 2.17. The highest BCUT2D eigenvalue weighted by atomic mass is 79.9. The molecule has 2 unspecified atom stereocenters. The second-order valence-electron chi connectivity index (χ2n) is 2.19. The lowest BCUT2D eigenvalue weighted by Crippen LogP contribution is -2.32. The van der Waals surface area contributed by atoms with Crippen LogP contribution in [0.25, 0.3) is 0 Å². The van der Waals surface area contributed by atoms with E-state index in [4.69, 9.17) is 4.74 Å². The first-order chi connectivity index (χ1) is 5.08. The van der Waals surface area contributed by atoms with Gasteiger partial charge in [-0.2, -0.15) is 0 Å². The molecule has 1 nitrogen and oxygen atoms in total. The fourth-order valence-electron chi connectivity index (χ4n) is 0.775. The van der Waals surface area contributed by atoms with Gasteiger partial charge in [-0.1, -0.05) is 37.9 Å². The molecule has 0 N–H and O–H groups in total. The van der Waals surface area contributed by atoms with E-state index in [1.807, 2.05) is 18.2 Å². The van der Waals surface area contributed by atoms with Gasteiger partial charge >= 0.3 is 0 Å². The monoisotopic (exact) mass is 344 g/mol. The molecule has 0 amide bonds. The molecular weight excluding hydrogens is 340 g/mol. The molecule has 1 aliphatic carbocycles. The lowest BCUT2D eigenvalue weighted by molar-refractivity contribution is 0.124. The number of ether oxygens (including phenoxy) is 1. The fraction of sp³-hybridized carbons (Fsp3) is 0.429. The molecule has 62 valence electrons. The Hall–Kier alpha value is 0.880. The van der Waals surface area contributed by atoms with Crippen molar-refractivity contribution in [1.82, 2.24) is 0 Å². The van der Waals surface area contributed by atoms with Crippen molar-refractivity contribution < 1.29 is 4.74 Å². The minimum Gasteiger partial charge on any atom is -0.362 e. The fourth-order valence-corrected chi connectivity index (χ4v) is 2.41. The van der Waals surface area contributed by atoms with E-state index in [0.29, 0.717) is 0 Å². The normalized spacial score (nSPS) is 37.1. The smallest absolute Gasteiger partial charge is 0.157 e. The topological polar surface area (TPSA) is 9.23 Å². The number of alkyl halides is 2. The summed E-state index contributed by atoms with van der Waals surface area (Å²) < 4.78 is 5.92.